The number of carbonyl (C=O) groups is 2. The van der Waals surface area contributed by atoms with E-state index in [0.717, 1.165) is 17.0 Å². The summed E-state index contributed by atoms with van der Waals surface area (Å²) in [5, 5.41) is 9.06. The Morgan fingerprint density at radius 2 is 1.89 bits per heavy atom. The summed E-state index contributed by atoms with van der Waals surface area (Å²) in [5.41, 5.74) is -0.171. The van der Waals surface area contributed by atoms with Gasteiger partial charge in [0.2, 0.25) is 0 Å². The first-order chi connectivity index (χ1) is 8.99. The van der Waals surface area contributed by atoms with Gasteiger partial charge in [-0.3, -0.25) is 4.79 Å². The molecular formula is C12H11F2NO3S. The van der Waals surface area contributed by atoms with Crippen LogP contribution in [0.3, 0.4) is 0 Å². The molecule has 1 fully saturated rings. The molecule has 1 aliphatic heterocycles. The van der Waals surface area contributed by atoms with Crippen molar-refractivity contribution in [2.24, 2.45) is 0 Å². The SMILES string of the molecule is O=C(O)C1CSCCN1C(=O)c1cc(F)cc(F)c1. The van der Waals surface area contributed by atoms with E-state index in [1.54, 1.807) is 0 Å². The molecule has 0 saturated carbocycles. The van der Waals surface area contributed by atoms with Gasteiger partial charge >= 0.3 is 5.97 Å². The number of hydrogen-bond donors (Lipinski definition) is 1. The van der Waals surface area contributed by atoms with Crippen LogP contribution in [0.1, 0.15) is 10.4 Å². The van der Waals surface area contributed by atoms with Crippen molar-refractivity contribution in [3.8, 4) is 0 Å². The highest BCUT2D eigenvalue weighted by atomic mass is 32.2. The van der Waals surface area contributed by atoms with E-state index in [4.69, 9.17) is 5.11 Å². The summed E-state index contributed by atoms with van der Waals surface area (Å²) in [6.07, 6.45) is 0. The zero-order chi connectivity index (χ0) is 14.0. The van der Waals surface area contributed by atoms with Crippen LogP contribution in [-0.4, -0.2) is 46.0 Å². The number of halogens is 2. The Hall–Kier alpha value is -1.63. The molecule has 1 aliphatic rings. The normalized spacial score (nSPS) is 19.3. The van der Waals surface area contributed by atoms with E-state index in [9.17, 15) is 18.4 Å². The minimum absolute atomic E-state index is 0.171. The molecule has 0 radical (unpaired) electrons. The predicted molar refractivity (Wildman–Crippen MR) is 66.1 cm³/mol. The first kappa shape index (κ1) is 13.8. The fourth-order valence-corrected chi connectivity index (χ4v) is 2.93. The van der Waals surface area contributed by atoms with Crippen LogP contribution < -0.4 is 0 Å². The summed E-state index contributed by atoms with van der Waals surface area (Å²) >= 11 is 1.43. The van der Waals surface area contributed by atoms with E-state index in [1.807, 2.05) is 0 Å². The van der Waals surface area contributed by atoms with Gasteiger partial charge in [0, 0.05) is 29.7 Å². The fraction of sp³-hybridized carbons (Fsp3) is 0.333. The van der Waals surface area contributed by atoms with Gasteiger partial charge in [-0.2, -0.15) is 11.8 Å². The van der Waals surface area contributed by atoms with Gasteiger partial charge < -0.3 is 10.0 Å². The summed E-state index contributed by atoms with van der Waals surface area (Å²) < 4.78 is 26.2. The summed E-state index contributed by atoms with van der Waals surface area (Å²) in [6.45, 7) is 0.249. The number of nitrogens with zero attached hydrogens (tertiary/aromatic N) is 1. The number of hydrogen-bond acceptors (Lipinski definition) is 3. The van der Waals surface area contributed by atoms with E-state index < -0.39 is 29.6 Å². The largest absolute Gasteiger partial charge is 0.480 e. The standard InChI is InChI=1S/C12H11F2NO3S/c13-8-3-7(4-9(14)5-8)11(16)15-1-2-19-6-10(15)12(17)18/h3-5,10H,1-2,6H2,(H,17,18). The van der Waals surface area contributed by atoms with E-state index in [0.29, 0.717) is 11.8 Å². The summed E-state index contributed by atoms with van der Waals surface area (Å²) in [5.74, 6) is -2.61. The van der Waals surface area contributed by atoms with E-state index in [2.05, 4.69) is 0 Å². The van der Waals surface area contributed by atoms with Gasteiger partial charge in [0.25, 0.3) is 5.91 Å². The van der Waals surface area contributed by atoms with Crippen molar-refractivity contribution in [3.05, 3.63) is 35.4 Å². The second-order valence-electron chi connectivity index (χ2n) is 4.09. The van der Waals surface area contributed by atoms with E-state index >= 15 is 0 Å². The molecule has 1 unspecified atom stereocenters. The zero-order valence-electron chi connectivity index (χ0n) is 9.81. The minimum atomic E-state index is -1.11. The molecular weight excluding hydrogens is 276 g/mol. The molecule has 0 aliphatic carbocycles. The molecule has 1 heterocycles. The fourth-order valence-electron chi connectivity index (χ4n) is 1.89. The maximum Gasteiger partial charge on any atom is 0.327 e. The topological polar surface area (TPSA) is 57.6 Å². The van der Waals surface area contributed by atoms with Crippen molar-refractivity contribution >= 4 is 23.6 Å². The Morgan fingerprint density at radius 1 is 1.26 bits per heavy atom. The number of carboxylic acid groups (broad SMARTS) is 1. The monoisotopic (exact) mass is 287 g/mol. The molecule has 1 aromatic carbocycles. The van der Waals surface area contributed by atoms with Crippen LogP contribution in [0.25, 0.3) is 0 Å². The summed E-state index contributed by atoms with van der Waals surface area (Å²) in [6, 6.07) is 1.52. The lowest BCUT2D eigenvalue weighted by Crippen LogP contribution is -2.50. The molecule has 4 nitrogen and oxygen atoms in total. The van der Waals surface area contributed by atoms with Crippen LogP contribution in [0.5, 0.6) is 0 Å². The van der Waals surface area contributed by atoms with Gasteiger partial charge in [0.1, 0.15) is 17.7 Å². The van der Waals surface area contributed by atoms with E-state index in [-0.39, 0.29) is 17.9 Å². The summed E-state index contributed by atoms with van der Waals surface area (Å²) in [4.78, 5) is 24.4. The van der Waals surface area contributed by atoms with Crippen LogP contribution in [0, 0.1) is 11.6 Å². The molecule has 2 rings (SSSR count). The molecule has 0 spiro atoms. The Bertz CT molecular complexity index is 503. The highest BCUT2D eigenvalue weighted by Crippen LogP contribution is 2.20. The van der Waals surface area contributed by atoms with Crippen LogP contribution in [0.2, 0.25) is 0 Å². The second-order valence-corrected chi connectivity index (χ2v) is 5.24. The van der Waals surface area contributed by atoms with Crippen LogP contribution in [0.4, 0.5) is 8.78 Å². The van der Waals surface area contributed by atoms with Crippen molar-refractivity contribution in [2.45, 2.75) is 6.04 Å². The Labute approximate surface area is 112 Å². The Kier molecular flexibility index (Phi) is 4.04. The average molecular weight is 287 g/mol. The second kappa shape index (κ2) is 5.56. The first-order valence-electron chi connectivity index (χ1n) is 5.56. The maximum absolute atomic E-state index is 13.1. The highest BCUT2D eigenvalue weighted by molar-refractivity contribution is 7.99. The molecule has 1 N–H and O–H groups in total. The Balaban J connectivity index is 2.28. The third-order valence-corrected chi connectivity index (χ3v) is 3.81. The van der Waals surface area contributed by atoms with Gasteiger partial charge in [-0.05, 0) is 12.1 Å². The molecule has 1 aromatic rings. The number of carboxylic acids is 1. The first-order valence-corrected chi connectivity index (χ1v) is 6.72. The Morgan fingerprint density at radius 3 is 2.47 bits per heavy atom. The van der Waals surface area contributed by atoms with E-state index in [1.165, 1.54) is 11.8 Å². The lowest BCUT2D eigenvalue weighted by molar-refractivity contribution is -0.141. The van der Waals surface area contributed by atoms with Gasteiger partial charge in [-0.25, -0.2) is 13.6 Å². The number of carbonyl (C=O) groups excluding carboxylic acids is 1. The quantitative estimate of drug-likeness (QED) is 0.898. The molecule has 19 heavy (non-hydrogen) atoms. The number of thioether (sulfide) groups is 1. The van der Waals surface area contributed by atoms with Crippen molar-refractivity contribution in [1.29, 1.82) is 0 Å². The van der Waals surface area contributed by atoms with Gasteiger partial charge in [-0.15, -0.1) is 0 Å². The molecule has 7 heteroatoms. The lowest BCUT2D eigenvalue weighted by Gasteiger charge is -2.32. The van der Waals surface area contributed by atoms with Crippen LogP contribution >= 0.6 is 11.8 Å². The minimum Gasteiger partial charge on any atom is -0.480 e. The van der Waals surface area contributed by atoms with Gasteiger partial charge in [0.15, 0.2) is 0 Å². The van der Waals surface area contributed by atoms with Crippen LogP contribution in [-0.2, 0) is 4.79 Å². The highest BCUT2D eigenvalue weighted by Gasteiger charge is 2.33. The predicted octanol–water partition coefficient (Wildman–Crippen LogP) is 1.61. The van der Waals surface area contributed by atoms with Crippen molar-refractivity contribution in [2.75, 3.05) is 18.1 Å². The van der Waals surface area contributed by atoms with Crippen molar-refractivity contribution in [1.82, 2.24) is 4.90 Å². The van der Waals surface area contributed by atoms with Gasteiger partial charge in [0.05, 0.1) is 0 Å². The third-order valence-electron chi connectivity index (χ3n) is 2.78. The van der Waals surface area contributed by atoms with Crippen LogP contribution in [0.15, 0.2) is 18.2 Å². The molecule has 1 atom stereocenters. The molecule has 0 bridgehead atoms. The molecule has 0 aromatic heterocycles. The average Bonchev–Trinajstić information content (AvgIpc) is 2.36. The molecule has 1 amide bonds. The smallest absolute Gasteiger partial charge is 0.327 e. The van der Waals surface area contributed by atoms with Gasteiger partial charge in [-0.1, -0.05) is 0 Å². The van der Waals surface area contributed by atoms with Crippen molar-refractivity contribution in [3.63, 3.8) is 0 Å². The number of rotatable bonds is 2. The number of benzene rings is 1. The third kappa shape index (κ3) is 3.04. The lowest BCUT2D eigenvalue weighted by atomic mass is 10.1. The maximum atomic E-state index is 13.1. The molecule has 1 saturated heterocycles. The summed E-state index contributed by atoms with van der Waals surface area (Å²) in [7, 11) is 0. The number of amides is 1. The zero-order valence-corrected chi connectivity index (χ0v) is 10.6. The molecule has 102 valence electrons. The van der Waals surface area contributed by atoms with Crippen molar-refractivity contribution < 1.29 is 23.5 Å². The number of aliphatic carboxylic acids is 1.